The molecule has 0 saturated carbocycles. The Morgan fingerprint density at radius 3 is 2.94 bits per heavy atom. The van der Waals surface area contributed by atoms with Crippen LogP contribution in [0, 0.1) is 0 Å². The van der Waals surface area contributed by atoms with Crippen molar-refractivity contribution < 1.29 is 9.90 Å². The number of aliphatic carboxylic acids is 1. The smallest absolute Gasteiger partial charge is 0.309 e. The predicted octanol–water partition coefficient (Wildman–Crippen LogP) is 1.82. The van der Waals surface area contributed by atoms with Crippen LogP contribution in [0.15, 0.2) is 6.20 Å². The summed E-state index contributed by atoms with van der Waals surface area (Å²) in [6.45, 7) is 2.20. The van der Waals surface area contributed by atoms with Crippen molar-refractivity contribution in [2.45, 2.75) is 31.6 Å². The fourth-order valence-corrected chi connectivity index (χ4v) is 3.37. The SMILES string of the molecule is CC1(c2ncc(CC(=O)O)[nH]2)CCSCC1. The Balaban J connectivity index is 2.13. The van der Waals surface area contributed by atoms with Crippen molar-refractivity contribution in [2.75, 3.05) is 11.5 Å². The molecule has 0 radical (unpaired) electrons. The van der Waals surface area contributed by atoms with E-state index < -0.39 is 5.97 Å². The van der Waals surface area contributed by atoms with Gasteiger partial charge < -0.3 is 10.1 Å². The topological polar surface area (TPSA) is 66.0 Å². The average Bonchev–Trinajstić information content (AvgIpc) is 2.67. The Labute approximate surface area is 98.9 Å². The summed E-state index contributed by atoms with van der Waals surface area (Å²) < 4.78 is 0. The first-order valence-electron chi connectivity index (χ1n) is 5.44. The predicted molar refractivity (Wildman–Crippen MR) is 63.8 cm³/mol. The van der Waals surface area contributed by atoms with Crippen LogP contribution in [0.3, 0.4) is 0 Å². The summed E-state index contributed by atoms with van der Waals surface area (Å²) in [4.78, 5) is 18.1. The van der Waals surface area contributed by atoms with Gasteiger partial charge >= 0.3 is 5.97 Å². The third-order valence-electron chi connectivity index (χ3n) is 3.14. The summed E-state index contributed by atoms with van der Waals surface area (Å²) in [5.41, 5.74) is 0.795. The zero-order chi connectivity index (χ0) is 11.6. The van der Waals surface area contributed by atoms with Crippen molar-refractivity contribution in [3.8, 4) is 0 Å². The number of aromatic amines is 1. The first-order chi connectivity index (χ1) is 7.60. The fraction of sp³-hybridized carbons (Fsp3) is 0.636. The Morgan fingerprint density at radius 2 is 2.31 bits per heavy atom. The number of imidazole rings is 1. The van der Waals surface area contributed by atoms with E-state index in [0.29, 0.717) is 5.69 Å². The number of carboxylic acids is 1. The summed E-state index contributed by atoms with van der Waals surface area (Å²) in [6, 6.07) is 0. The molecule has 1 fully saturated rings. The minimum Gasteiger partial charge on any atom is -0.481 e. The fourth-order valence-electron chi connectivity index (χ4n) is 1.98. The molecule has 0 atom stereocenters. The number of H-pyrrole nitrogens is 1. The van der Waals surface area contributed by atoms with Gasteiger partial charge in [0.25, 0.3) is 0 Å². The number of hydrogen-bond donors (Lipinski definition) is 2. The molecule has 2 rings (SSSR count). The lowest BCUT2D eigenvalue weighted by Gasteiger charge is -2.31. The summed E-state index contributed by atoms with van der Waals surface area (Å²) in [5.74, 6) is 2.44. The monoisotopic (exact) mass is 240 g/mol. The molecule has 4 nitrogen and oxygen atoms in total. The van der Waals surface area contributed by atoms with E-state index in [2.05, 4.69) is 16.9 Å². The lowest BCUT2D eigenvalue weighted by Crippen LogP contribution is -2.28. The van der Waals surface area contributed by atoms with E-state index in [1.165, 1.54) is 0 Å². The molecule has 1 aliphatic rings. The van der Waals surface area contributed by atoms with Crippen molar-refractivity contribution in [3.63, 3.8) is 0 Å². The summed E-state index contributed by atoms with van der Waals surface area (Å²) in [5, 5.41) is 8.70. The van der Waals surface area contributed by atoms with Gasteiger partial charge in [-0.1, -0.05) is 6.92 Å². The van der Waals surface area contributed by atoms with Gasteiger partial charge in [-0.2, -0.15) is 11.8 Å². The molecule has 0 bridgehead atoms. The minimum absolute atomic E-state index is 0.0256. The maximum atomic E-state index is 10.6. The Bertz CT molecular complexity index is 383. The van der Waals surface area contributed by atoms with Crippen LogP contribution in [0.4, 0.5) is 0 Å². The van der Waals surface area contributed by atoms with Crippen LogP contribution in [-0.4, -0.2) is 32.5 Å². The molecule has 0 aromatic carbocycles. The standard InChI is InChI=1S/C11H16N2O2S/c1-11(2-4-16-5-3-11)10-12-7-8(13-10)6-9(14)15/h7H,2-6H2,1H3,(H,12,13)(H,14,15). The second-order valence-electron chi connectivity index (χ2n) is 4.50. The van der Waals surface area contributed by atoms with Crippen LogP contribution in [0.25, 0.3) is 0 Å². The normalized spacial score (nSPS) is 19.6. The molecule has 88 valence electrons. The van der Waals surface area contributed by atoms with Gasteiger partial charge in [-0.05, 0) is 24.3 Å². The van der Waals surface area contributed by atoms with Crippen molar-refractivity contribution >= 4 is 17.7 Å². The zero-order valence-electron chi connectivity index (χ0n) is 9.32. The maximum absolute atomic E-state index is 10.6. The van der Waals surface area contributed by atoms with Gasteiger partial charge in [0.15, 0.2) is 0 Å². The molecule has 16 heavy (non-hydrogen) atoms. The van der Waals surface area contributed by atoms with Crippen LogP contribution in [0.2, 0.25) is 0 Å². The quantitative estimate of drug-likeness (QED) is 0.845. The van der Waals surface area contributed by atoms with E-state index in [-0.39, 0.29) is 11.8 Å². The maximum Gasteiger partial charge on any atom is 0.309 e. The molecule has 1 aromatic rings. The van der Waals surface area contributed by atoms with Crippen LogP contribution < -0.4 is 0 Å². The summed E-state index contributed by atoms with van der Waals surface area (Å²) >= 11 is 1.97. The molecule has 0 aliphatic carbocycles. The summed E-state index contributed by atoms with van der Waals surface area (Å²) in [7, 11) is 0. The van der Waals surface area contributed by atoms with Gasteiger partial charge in [0.1, 0.15) is 5.82 Å². The lowest BCUT2D eigenvalue weighted by atomic mass is 9.83. The molecule has 5 heteroatoms. The van der Waals surface area contributed by atoms with E-state index in [0.717, 1.165) is 30.2 Å². The molecule has 1 aromatic heterocycles. The third-order valence-corrected chi connectivity index (χ3v) is 4.12. The van der Waals surface area contributed by atoms with Crippen molar-refractivity contribution in [1.82, 2.24) is 9.97 Å². The van der Waals surface area contributed by atoms with Gasteiger partial charge in [0.05, 0.1) is 6.42 Å². The molecule has 1 aliphatic heterocycles. The van der Waals surface area contributed by atoms with E-state index in [4.69, 9.17) is 5.11 Å². The molecular formula is C11H16N2O2S. The number of aromatic nitrogens is 2. The van der Waals surface area contributed by atoms with Crippen molar-refractivity contribution in [2.24, 2.45) is 0 Å². The highest BCUT2D eigenvalue weighted by atomic mass is 32.2. The van der Waals surface area contributed by atoms with Gasteiger partial charge in [-0.3, -0.25) is 4.79 Å². The number of carbonyl (C=O) groups is 1. The highest BCUT2D eigenvalue weighted by Gasteiger charge is 2.31. The number of hydrogen-bond acceptors (Lipinski definition) is 3. The lowest BCUT2D eigenvalue weighted by molar-refractivity contribution is -0.136. The minimum atomic E-state index is -0.820. The third kappa shape index (κ3) is 2.40. The van der Waals surface area contributed by atoms with Crippen LogP contribution >= 0.6 is 11.8 Å². The van der Waals surface area contributed by atoms with Gasteiger partial charge in [0, 0.05) is 17.3 Å². The van der Waals surface area contributed by atoms with Gasteiger partial charge in [0.2, 0.25) is 0 Å². The van der Waals surface area contributed by atoms with Crippen molar-refractivity contribution in [3.05, 3.63) is 17.7 Å². The van der Waals surface area contributed by atoms with Crippen LogP contribution in [0.1, 0.15) is 31.3 Å². The Hall–Kier alpha value is -0.970. The summed E-state index contributed by atoms with van der Waals surface area (Å²) in [6.07, 6.45) is 3.89. The zero-order valence-corrected chi connectivity index (χ0v) is 10.1. The second-order valence-corrected chi connectivity index (χ2v) is 5.73. The number of thioether (sulfide) groups is 1. The highest BCUT2D eigenvalue weighted by Crippen LogP contribution is 2.36. The Kier molecular flexibility index (Phi) is 3.23. The van der Waals surface area contributed by atoms with Gasteiger partial charge in [-0.25, -0.2) is 4.98 Å². The van der Waals surface area contributed by atoms with E-state index in [1.807, 2.05) is 11.8 Å². The van der Waals surface area contributed by atoms with Crippen LogP contribution in [0.5, 0.6) is 0 Å². The molecule has 2 heterocycles. The number of nitrogens with zero attached hydrogens (tertiary/aromatic N) is 1. The number of carboxylic acid groups (broad SMARTS) is 1. The molecule has 0 spiro atoms. The first kappa shape index (κ1) is 11.5. The molecule has 1 saturated heterocycles. The first-order valence-corrected chi connectivity index (χ1v) is 6.59. The average molecular weight is 240 g/mol. The second kappa shape index (κ2) is 4.49. The molecule has 0 unspecified atom stereocenters. The largest absolute Gasteiger partial charge is 0.481 e. The van der Waals surface area contributed by atoms with Crippen molar-refractivity contribution in [1.29, 1.82) is 0 Å². The number of nitrogens with one attached hydrogen (secondary N) is 1. The van der Waals surface area contributed by atoms with E-state index in [9.17, 15) is 4.79 Å². The molecular weight excluding hydrogens is 224 g/mol. The van der Waals surface area contributed by atoms with E-state index in [1.54, 1.807) is 6.20 Å². The van der Waals surface area contributed by atoms with E-state index >= 15 is 0 Å². The number of rotatable bonds is 3. The Morgan fingerprint density at radius 1 is 1.62 bits per heavy atom. The van der Waals surface area contributed by atoms with Crippen LogP contribution in [-0.2, 0) is 16.6 Å². The molecule has 0 amide bonds. The highest BCUT2D eigenvalue weighted by molar-refractivity contribution is 7.99. The van der Waals surface area contributed by atoms with Gasteiger partial charge in [-0.15, -0.1) is 0 Å². The molecule has 2 N–H and O–H groups in total.